The van der Waals surface area contributed by atoms with Crippen molar-refractivity contribution in [3.63, 3.8) is 0 Å². The molecule has 5 heteroatoms. The number of aliphatic hydroxyl groups is 2. The Kier molecular flexibility index (Phi) is 45.4. The molecule has 0 saturated heterocycles. The normalized spacial score (nSPS) is 9.97. The molecule has 198 valence electrons. The number of aliphatic carboxylic acids is 1. The molecular weight excluding hydrogens is 402 g/mol. The fraction of sp³-hybridized carbons (Fsp3) is 0.963. The first-order valence-corrected chi connectivity index (χ1v) is 13.4. The van der Waals surface area contributed by atoms with Crippen molar-refractivity contribution < 1.29 is 20.1 Å². The summed E-state index contributed by atoms with van der Waals surface area (Å²) in [5.74, 6) is -0.655. The van der Waals surface area contributed by atoms with Crippen molar-refractivity contribution in [2.45, 2.75) is 163 Å². The minimum Gasteiger partial charge on any atom is -0.481 e. The Morgan fingerprint density at radius 2 is 0.844 bits per heavy atom. The van der Waals surface area contributed by atoms with Gasteiger partial charge in [-0.1, -0.05) is 104 Å². The summed E-state index contributed by atoms with van der Waals surface area (Å²) >= 11 is 0. The van der Waals surface area contributed by atoms with Gasteiger partial charge >= 0.3 is 5.97 Å². The van der Waals surface area contributed by atoms with Crippen LogP contribution in [-0.4, -0.2) is 40.0 Å². The molecule has 0 aliphatic heterocycles. The van der Waals surface area contributed by atoms with E-state index in [1.54, 1.807) is 27.7 Å². The van der Waals surface area contributed by atoms with Crippen LogP contribution in [0.3, 0.4) is 0 Å². The van der Waals surface area contributed by atoms with E-state index in [2.05, 4.69) is 13.8 Å². The van der Waals surface area contributed by atoms with Gasteiger partial charge in [-0.2, -0.15) is 0 Å². The van der Waals surface area contributed by atoms with Crippen LogP contribution in [0.5, 0.6) is 0 Å². The fourth-order valence-electron chi connectivity index (χ4n) is 2.69. The van der Waals surface area contributed by atoms with Crippen molar-refractivity contribution in [3.05, 3.63) is 0 Å². The summed E-state index contributed by atoms with van der Waals surface area (Å²) < 4.78 is 0. The summed E-state index contributed by atoms with van der Waals surface area (Å²) in [4.78, 5) is 10.3. The van der Waals surface area contributed by atoms with Crippen LogP contribution in [-0.2, 0) is 4.79 Å². The Balaban J connectivity index is -0.000000227. The maximum atomic E-state index is 10.3. The summed E-state index contributed by atoms with van der Waals surface area (Å²) in [5, 5.41) is 24.6. The number of unbranched alkanes of at least 4 members (excludes halogenated alkanes) is 14. The number of carboxylic acid groups (broad SMARTS) is 1. The molecule has 0 spiro atoms. The van der Waals surface area contributed by atoms with Gasteiger partial charge in [0.05, 0.1) is 0 Å². The Morgan fingerprint density at radius 1 is 0.594 bits per heavy atom. The van der Waals surface area contributed by atoms with E-state index in [9.17, 15) is 4.79 Å². The number of carbonyl (C=O) groups is 1. The third kappa shape index (κ3) is 78.4. The molecule has 0 saturated carbocycles. The number of nitrogens with two attached hydrogens (primary N) is 1. The lowest BCUT2D eigenvalue weighted by molar-refractivity contribution is -0.137. The number of hydrogen-bond acceptors (Lipinski definition) is 4. The molecule has 0 aromatic rings. The highest BCUT2D eigenvalue weighted by Gasteiger charge is 1.96. The van der Waals surface area contributed by atoms with Crippen LogP contribution in [0, 0.1) is 0 Å². The van der Waals surface area contributed by atoms with Crippen molar-refractivity contribution in [3.8, 4) is 0 Å². The monoisotopic (exact) mass is 463 g/mol. The average Bonchev–Trinajstić information content (AvgIpc) is 2.69. The number of aliphatic hydroxyl groups excluding tert-OH is 2. The maximum Gasteiger partial charge on any atom is 0.303 e. The summed E-state index contributed by atoms with van der Waals surface area (Å²) in [6.45, 7) is 12.2. The van der Waals surface area contributed by atoms with Crippen molar-refractivity contribution >= 4 is 5.97 Å². The molecule has 0 aliphatic rings. The molecule has 32 heavy (non-hydrogen) atoms. The third-order valence-electron chi connectivity index (χ3n) is 4.30. The van der Waals surface area contributed by atoms with Gasteiger partial charge < -0.3 is 21.1 Å². The zero-order chi connectivity index (χ0) is 25.5. The molecule has 0 aliphatic carbocycles. The van der Waals surface area contributed by atoms with E-state index in [0.717, 1.165) is 19.4 Å². The van der Waals surface area contributed by atoms with Crippen molar-refractivity contribution in [1.29, 1.82) is 0 Å². The second-order valence-electron chi connectivity index (χ2n) is 9.07. The van der Waals surface area contributed by atoms with Crippen LogP contribution in [0.15, 0.2) is 0 Å². The molecular formula is C27H61NO4. The smallest absolute Gasteiger partial charge is 0.303 e. The van der Waals surface area contributed by atoms with E-state index < -0.39 is 5.97 Å². The predicted molar refractivity (Wildman–Crippen MR) is 141 cm³/mol. The Labute approximate surface area is 201 Å². The van der Waals surface area contributed by atoms with E-state index >= 15 is 0 Å². The lowest BCUT2D eigenvalue weighted by Gasteiger charge is -2.02. The van der Waals surface area contributed by atoms with Crippen LogP contribution in [0.2, 0.25) is 0 Å². The third-order valence-corrected chi connectivity index (χ3v) is 4.30. The first kappa shape index (κ1) is 38.6. The molecule has 5 N–H and O–H groups in total. The molecule has 0 aromatic heterocycles. The summed E-state index contributed by atoms with van der Waals surface area (Å²) in [6.07, 6.45) is 20.7. The summed E-state index contributed by atoms with van der Waals surface area (Å²) in [6, 6.07) is 0. The maximum absolute atomic E-state index is 10.3. The van der Waals surface area contributed by atoms with Gasteiger partial charge in [0, 0.05) is 18.6 Å². The number of hydrogen-bond donors (Lipinski definition) is 4. The van der Waals surface area contributed by atoms with Crippen molar-refractivity contribution in [1.82, 2.24) is 0 Å². The molecule has 5 nitrogen and oxygen atoms in total. The highest BCUT2D eigenvalue weighted by Crippen LogP contribution is 2.12. The van der Waals surface area contributed by atoms with Crippen LogP contribution >= 0.6 is 0 Å². The molecule has 0 fully saturated rings. The molecule has 0 rings (SSSR count). The first-order valence-electron chi connectivity index (χ1n) is 13.4. The zero-order valence-corrected chi connectivity index (χ0v) is 22.7. The van der Waals surface area contributed by atoms with Crippen molar-refractivity contribution in [2.24, 2.45) is 5.73 Å². The van der Waals surface area contributed by atoms with E-state index in [4.69, 9.17) is 21.1 Å². The molecule has 0 amide bonds. The van der Waals surface area contributed by atoms with Crippen molar-refractivity contribution in [2.75, 3.05) is 6.54 Å². The minimum absolute atomic E-state index is 0.167. The highest BCUT2D eigenvalue weighted by molar-refractivity contribution is 5.66. The van der Waals surface area contributed by atoms with E-state index in [0.29, 0.717) is 6.42 Å². The summed E-state index contributed by atoms with van der Waals surface area (Å²) in [7, 11) is 0. The standard InChI is InChI=1S/C16H32O2.C5H13N.2C3H8O/c1-2-3-4-5-6-7-8-9-10-11-12-13-14-15-16(17)18;1-2-3-4-5-6;2*1-3(2)4/h2-15H2,1H3,(H,17,18);2-6H2,1H3;2*3-4H,1-2H3. The first-order chi connectivity index (χ1) is 15.1. The molecule has 0 radical (unpaired) electrons. The lowest BCUT2D eigenvalue weighted by Crippen LogP contribution is -1.96. The van der Waals surface area contributed by atoms with Gasteiger partial charge in [-0.05, 0) is 47.1 Å². The Morgan fingerprint density at radius 3 is 1.06 bits per heavy atom. The molecule has 0 unspecified atom stereocenters. The number of rotatable bonds is 17. The van der Waals surface area contributed by atoms with E-state index in [-0.39, 0.29) is 12.2 Å². The molecule has 0 heterocycles. The van der Waals surface area contributed by atoms with Gasteiger partial charge in [0.2, 0.25) is 0 Å². The molecule has 0 aromatic carbocycles. The summed E-state index contributed by atoms with van der Waals surface area (Å²) in [5.41, 5.74) is 5.21. The van der Waals surface area contributed by atoms with Crippen LogP contribution in [0.4, 0.5) is 0 Å². The van der Waals surface area contributed by atoms with E-state index in [1.165, 1.54) is 89.9 Å². The van der Waals surface area contributed by atoms with Gasteiger partial charge in [0.25, 0.3) is 0 Å². The van der Waals surface area contributed by atoms with Crippen LogP contribution < -0.4 is 5.73 Å². The fourth-order valence-corrected chi connectivity index (χ4v) is 2.69. The minimum atomic E-state index is -0.655. The topological polar surface area (TPSA) is 104 Å². The number of carboxylic acids is 1. The lowest BCUT2D eigenvalue weighted by atomic mass is 10.0. The van der Waals surface area contributed by atoms with Gasteiger partial charge in [-0.3, -0.25) is 4.79 Å². The van der Waals surface area contributed by atoms with Gasteiger partial charge in [0.15, 0.2) is 0 Å². The second-order valence-corrected chi connectivity index (χ2v) is 9.07. The second kappa shape index (κ2) is 37.7. The molecule has 0 atom stereocenters. The zero-order valence-electron chi connectivity index (χ0n) is 22.7. The molecule has 0 bridgehead atoms. The van der Waals surface area contributed by atoms with E-state index in [1.807, 2.05) is 0 Å². The largest absolute Gasteiger partial charge is 0.481 e. The quantitative estimate of drug-likeness (QED) is 0.168. The Hall–Kier alpha value is -0.650. The highest BCUT2D eigenvalue weighted by atomic mass is 16.4. The SMILES string of the molecule is CC(C)O.CC(C)O.CCCCCCCCCCCCCCCC(=O)O.CCCCCN. The van der Waals surface area contributed by atoms with Gasteiger partial charge in [0.1, 0.15) is 0 Å². The van der Waals surface area contributed by atoms with Crippen LogP contribution in [0.25, 0.3) is 0 Å². The predicted octanol–water partition coefficient (Wildman–Crippen LogP) is 7.46. The van der Waals surface area contributed by atoms with Gasteiger partial charge in [-0.25, -0.2) is 0 Å². The van der Waals surface area contributed by atoms with Crippen LogP contribution in [0.1, 0.15) is 151 Å². The van der Waals surface area contributed by atoms with Gasteiger partial charge in [-0.15, -0.1) is 0 Å². The average molecular weight is 464 g/mol. The Bertz CT molecular complexity index is 295.